The zero-order chi connectivity index (χ0) is 18.0. The molecule has 0 saturated heterocycles. The van der Waals surface area contributed by atoms with Gasteiger partial charge in [0, 0.05) is 12.3 Å². The fourth-order valence-corrected chi connectivity index (χ4v) is 4.05. The molecule has 2 N–H and O–H groups in total. The second kappa shape index (κ2) is 7.30. The number of hydrogen-bond acceptors (Lipinski definition) is 6. The molecule has 3 rings (SSSR count). The van der Waals surface area contributed by atoms with E-state index in [9.17, 15) is 9.59 Å². The SMILES string of the molecule is CC(=O)Nc1nc(-c2sc(NC(=O)c3ccccc3Cl)nc2C)cs1. The molecule has 2 amide bonds. The number of aromatic nitrogens is 2. The van der Waals surface area contributed by atoms with Gasteiger partial charge in [0.2, 0.25) is 5.91 Å². The second-order valence-corrected chi connectivity index (χ2v) is 7.35. The fourth-order valence-electron chi connectivity index (χ4n) is 2.08. The third kappa shape index (κ3) is 4.04. The van der Waals surface area contributed by atoms with E-state index in [0.717, 1.165) is 10.6 Å². The number of hydrogen-bond donors (Lipinski definition) is 2. The molecule has 0 saturated carbocycles. The number of carbonyl (C=O) groups is 2. The van der Waals surface area contributed by atoms with Gasteiger partial charge in [-0.25, -0.2) is 9.97 Å². The van der Waals surface area contributed by atoms with Crippen LogP contribution in [0.15, 0.2) is 29.6 Å². The first-order valence-electron chi connectivity index (χ1n) is 7.21. The number of rotatable bonds is 4. The Morgan fingerprint density at radius 2 is 1.88 bits per heavy atom. The molecule has 128 valence electrons. The van der Waals surface area contributed by atoms with Crippen LogP contribution >= 0.6 is 34.3 Å². The van der Waals surface area contributed by atoms with E-state index in [1.807, 2.05) is 12.3 Å². The monoisotopic (exact) mass is 392 g/mol. The van der Waals surface area contributed by atoms with E-state index in [4.69, 9.17) is 11.6 Å². The maximum atomic E-state index is 12.3. The molecular weight excluding hydrogens is 380 g/mol. The van der Waals surface area contributed by atoms with Gasteiger partial charge in [0.1, 0.15) is 0 Å². The topological polar surface area (TPSA) is 84.0 Å². The van der Waals surface area contributed by atoms with E-state index in [1.165, 1.54) is 29.6 Å². The van der Waals surface area contributed by atoms with Gasteiger partial charge >= 0.3 is 0 Å². The molecule has 1 aromatic carbocycles. The summed E-state index contributed by atoms with van der Waals surface area (Å²) in [7, 11) is 0. The van der Waals surface area contributed by atoms with Crippen LogP contribution in [0.2, 0.25) is 5.02 Å². The van der Waals surface area contributed by atoms with Crippen LogP contribution in [0.1, 0.15) is 23.0 Å². The van der Waals surface area contributed by atoms with E-state index >= 15 is 0 Å². The van der Waals surface area contributed by atoms with Crippen LogP contribution in [-0.2, 0) is 4.79 Å². The molecule has 2 heterocycles. The molecule has 0 atom stereocenters. The lowest BCUT2D eigenvalue weighted by atomic mass is 10.2. The molecule has 25 heavy (non-hydrogen) atoms. The van der Waals surface area contributed by atoms with Gasteiger partial charge in [-0.2, -0.15) is 0 Å². The number of thiazole rings is 2. The van der Waals surface area contributed by atoms with Crippen molar-refractivity contribution in [3.8, 4) is 10.6 Å². The van der Waals surface area contributed by atoms with Crippen LogP contribution in [0.3, 0.4) is 0 Å². The zero-order valence-electron chi connectivity index (χ0n) is 13.3. The first kappa shape index (κ1) is 17.5. The van der Waals surface area contributed by atoms with Gasteiger partial charge in [-0.05, 0) is 19.1 Å². The average molecular weight is 393 g/mol. The minimum absolute atomic E-state index is 0.172. The zero-order valence-corrected chi connectivity index (χ0v) is 15.7. The Morgan fingerprint density at radius 1 is 1.12 bits per heavy atom. The molecule has 0 unspecified atom stereocenters. The van der Waals surface area contributed by atoms with E-state index in [-0.39, 0.29) is 11.8 Å². The highest BCUT2D eigenvalue weighted by Gasteiger charge is 2.16. The molecule has 0 bridgehead atoms. The molecule has 0 aliphatic carbocycles. The Balaban J connectivity index is 1.81. The van der Waals surface area contributed by atoms with Gasteiger partial charge < -0.3 is 5.32 Å². The molecule has 0 aliphatic heterocycles. The summed E-state index contributed by atoms with van der Waals surface area (Å²) in [4.78, 5) is 33.0. The van der Waals surface area contributed by atoms with Crippen molar-refractivity contribution < 1.29 is 9.59 Å². The molecular formula is C16H13ClN4O2S2. The third-order valence-electron chi connectivity index (χ3n) is 3.16. The number of aryl methyl sites for hydroxylation is 1. The van der Waals surface area contributed by atoms with Crippen LogP contribution in [-0.4, -0.2) is 21.8 Å². The summed E-state index contributed by atoms with van der Waals surface area (Å²) < 4.78 is 0. The van der Waals surface area contributed by atoms with Gasteiger partial charge in [0.25, 0.3) is 5.91 Å². The van der Waals surface area contributed by atoms with Gasteiger partial charge in [-0.1, -0.05) is 35.1 Å². The fraction of sp³-hybridized carbons (Fsp3) is 0.125. The lowest BCUT2D eigenvalue weighted by Gasteiger charge is -2.03. The van der Waals surface area contributed by atoms with Crippen molar-refractivity contribution in [2.75, 3.05) is 10.6 Å². The Hall–Kier alpha value is -2.29. The number of amides is 2. The molecule has 0 aliphatic rings. The standard InChI is InChI=1S/C16H13ClN4O2S2/c1-8-13(12-7-24-15(20-12)19-9(2)22)25-16(18-8)21-14(23)10-5-3-4-6-11(10)17/h3-7H,1-2H3,(H,18,21,23)(H,19,20,22). The van der Waals surface area contributed by atoms with Crippen molar-refractivity contribution in [1.82, 2.24) is 9.97 Å². The van der Waals surface area contributed by atoms with Gasteiger partial charge in [-0.15, -0.1) is 11.3 Å². The van der Waals surface area contributed by atoms with Crippen molar-refractivity contribution in [2.24, 2.45) is 0 Å². The highest BCUT2D eigenvalue weighted by Crippen LogP contribution is 2.34. The van der Waals surface area contributed by atoms with E-state index in [1.54, 1.807) is 24.3 Å². The predicted molar refractivity (Wildman–Crippen MR) is 102 cm³/mol. The molecule has 3 aromatic rings. The summed E-state index contributed by atoms with van der Waals surface area (Å²) in [5.41, 5.74) is 1.85. The maximum absolute atomic E-state index is 12.3. The number of anilines is 2. The summed E-state index contributed by atoms with van der Waals surface area (Å²) in [6.07, 6.45) is 0. The Morgan fingerprint density at radius 3 is 2.60 bits per heavy atom. The highest BCUT2D eigenvalue weighted by atomic mass is 35.5. The number of halogens is 1. The molecule has 6 nitrogen and oxygen atoms in total. The summed E-state index contributed by atoms with van der Waals surface area (Å²) in [6, 6.07) is 6.82. The summed E-state index contributed by atoms with van der Waals surface area (Å²) in [6.45, 7) is 3.27. The van der Waals surface area contributed by atoms with Crippen molar-refractivity contribution in [1.29, 1.82) is 0 Å². The predicted octanol–water partition coefficient (Wildman–Crippen LogP) is 4.44. The van der Waals surface area contributed by atoms with Crippen molar-refractivity contribution in [3.05, 3.63) is 45.9 Å². The van der Waals surface area contributed by atoms with Crippen LogP contribution in [0.5, 0.6) is 0 Å². The normalized spacial score (nSPS) is 10.5. The Bertz CT molecular complexity index is 951. The summed E-state index contributed by atoms with van der Waals surface area (Å²) >= 11 is 8.69. The molecule has 0 radical (unpaired) electrons. The number of carbonyl (C=O) groups excluding carboxylic acids is 2. The van der Waals surface area contributed by atoms with Gasteiger partial charge in [0.05, 0.1) is 26.9 Å². The van der Waals surface area contributed by atoms with Crippen molar-refractivity contribution in [2.45, 2.75) is 13.8 Å². The smallest absolute Gasteiger partial charge is 0.258 e. The second-order valence-electron chi connectivity index (χ2n) is 5.09. The van der Waals surface area contributed by atoms with Crippen LogP contribution < -0.4 is 10.6 Å². The highest BCUT2D eigenvalue weighted by molar-refractivity contribution is 7.20. The number of nitrogens with one attached hydrogen (secondary N) is 2. The van der Waals surface area contributed by atoms with E-state index in [2.05, 4.69) is 20.6 Å². The van der Waals surface area contributed by atoms with Crippen molar-refractivity contribution >= 4 is 56.4 Å². The number of nitrogens with zero attached hydrogens (tertiary/aromatic N) is 2. The van der Waals surface area contributed by atoms with E-state index in [0.29, 0.717) is 26.5 Å². The quantitative estimate of drug-likeness (QED) is 0.687. The van der Waals surface area contributed by atoms with Crippen LogP contribution in [0.4, 0.5) is 10.3 Å². The minimum atomic E-state index is -0.317. The third-order valence-corrected chi connectivity index (χ3v) is 5.34. The van der Waals surface area contributed by atoms with Crippen molar-refractivity contribution in [3.63, 3.8) is 0 Å². The molecule has 2 aromatic heterocycles. The van der Waals surface area contributed by atoms with Crippen LogP contribution in [0, 0.1) is 6.92 Å². The summed E-state index contributed by atoms with van der Waals surface area (Å²) in [5.74, 6) is -0.488. The lowest BCUT2D eigenvalue weighted by Crippen LogP contribution is -2.12. The Labute approximate surface area is 156 Å². The average Bonchev–Trinajstić information content (AvgIpc) is 3.13. The first-order valence-corrected chi connectivity index (χ1v) is 9.28. The summed E-state index contributed by atoms with van der Waals surface area (Å²) in [5, 5.41) is 8.62. The molecule has 0 fully saturated rings. The van der Waals surface area contributed by atoms with Gasteiger partial charge in [0.15, 0.2) is 10.3 Å². The molecule has 0 spiro atoms. The minimum Gasteiger partial charge on any atom is -0.302 e. The molecule has 9 heteroatoms. The lowest BCUT2D eigenvalue weighted by molar-refractivity contribution is -0.114. The van der Waals surface area contributed by atoms with E-state index < -0.39 is 0 Å². The Kier molecular flexibility index (Phi) is 5.12. The largest absolute Gasteiger partial charge is 0.302 e. The maximum Gasteiger partial charge on any atom is 0.258 e. The first-order chi connectivity index (χ1) is 11.9. The van der Waals surface area contributed by atoms with Crippen LogP contribution in [0.25, 0.3) is 10.6 Å². The van der Waals surface area contributed by atoms with Gasteiger partial charge in [-0.3, -0.25) is 14.9 Å². The number of benzene rings is 1.